The van der Waals surface area contributed by atoms with Crippen LogP contribution in [0.1, 0.15) is 42.0 Å². The van der Waals surface area contributed by atoms with Crippen molar-refractivity contribution in [1.29, 1.82) is 0 Å². The number of anilines is 1. The molecule has 10 heteroatoms. The summed E-state index contributed by atoms with van der Waals surface area (Å²) in [4.78, 5) is 60.0. The van der Waals surface area contributed by atoms with Gasteiger partial charge in [-0.05, 0) is 73.3 Å². The predicted molar refractivity (Wildman–Crippen MR) is 160 cm³/mol. The highest BCUT2D eigenvalue weighted by Gasteiger charge is 2.69. The Morgan fingerprint density at radius 3 is 2.36 bits per heavy atom. The number of rotatable bonds is 5. The molecule has 3 amide bonds. The number of likely N-dealkylation sites (tertiary alicyclic amines) is 1. The molecule has 4 heterocycles. The molecule has 3 aliphatic heterocycles. The Morgan fingerprint density at radius 2 is 1.62 bits per heavy atom. The third-order valence-electron chi connectivity index (χ3n) is 10.0. The zero-order valence-electron chi connectivity index (χ0n) is 22.9. The molecule has 1 N–H and O–H groups in total. The van der Waals surface area contributed by atoms with Crippen molar-refractivity contribution < 1.29 is 19.1 Å². The number of nitrogens with one attached hydrogen (secondary N) is 1. The summed E-state index contributed by atoms with van der Waals surface area (Å²) in [6.07, 6.45) is 4.11. The van der Waals surface area contributed by atoms with Gasteiger partial charge < -0.3 is 14.6 Å². The number of nitrogens with zero attached hydrogens (tertiary/aromatic N) is 2. The van der Waals surface area contributed by atoms with Crippen LogP contribution >= 0.6 is 23.1 Å². The number of fused-ring (bicyclic) bond motifs is 9. The van der Waals surface area contributed by atoms with Crippen LogP contribution in [-0.2, 0) is 14.4 Å². The number of hydrogen-bond donors (Lipinski definition) is 1. The number of benzene rings is 2. The molecular weight excluding hydrogens is 571 g/mol. The highest BCUT2D eigenvalue weighted by Crippen LogP contribution is 2.68. The minimum Gasteiger partial charge on any atom is -0.484 e. The first kappa shape index (κ1) is 26.3. The number of piperidine rings is 1. The van der Waals surface area contributed by atoms with Crippen LogP contribution in [0.5, 0.6) is 5.75 Å². The molecule has 1 aromatic heterocycles. The monoisotopic (exact) mass is 601 g/mol. The average molecular weight is 602 g/mol. The van der Waals surface area contributed by atoms with E-state index in [0.717, 1.165) is 47.8 Å². The van der Waals surface area contributed by atoms with Gasteiger partial charge in [-0.3, -0.25) is 24.1 Å². The SMILES string of the molecule is O=C(COc1ccc([C@@H]2c3sc(=O)[nH]c3S[C@@H]3[C@@H]4C[C@@H]([C@@H]5C(=O)N(c6ccccc6)C(=O)[C@@H]45)[C@H]23)cc1)N1CCCCC1. The number of thiazole rings is 1. The molecule has 5 aliphatic rings. The minimum atomic E-state index is -0.326. The number of H-pyrrole nitrogens is 1. The normalized spacial score (nSPS) is 31.2. The van der Waals surface area contributed by atoms with Crippen LogP contribution in [0, 0.1) is 29.6 Å². The maximum atomic E-state index is 13.8. The molecule has 0 unspecified atom stereocenters. The lowest BCUT2D eigenvalue weighted by atomic mass is 9.68. The van der Waals surface area contributed by atoms with Crippen molar-refractivity contribution in [3.8, 4) is 5.75 Å². The predicted octanol–water partition coefficient (Wildman–Crippen LogP) is 4.51. The molecule has 3 aromatic rings. The summed E-state index contributed by atoms with van der Waals surface area (Å²) in [6.45, 7) is 1.62. The topological polar surface area (TPSA) is 99.8 Å². The fraction of sp³-hybridized carbons (Fsp3) is 0.438. The van der Waals surface area contributed by atoms with E-state index >= 15 is 0 Å². The summed E-state index contributed by atoms with van der Waals surface area (Å²) in [5, 5.41) is 1.04. The Balaban J connectivity index is 1.08. The van der Waals surface area contributed by atoms with E-state index in [1.165, 1.54) is 22.7 Å². The first-order valence-corrected chi connectivity index (χ1v) is 16.5. The van der Waals surface area contributed by atoms with Crippen molar-refractivity contribution in [3.63, 3.8) is 0 Å². The Hall–Kier alpha value is -3.37. The molecule has 8 nitrogen and oxygen atoms in total. The lowest BCUT2D eigenvalue weighted by Crippen LogP contribution is -2.42. The summed E-state index contributed by atoms with van der Waals surface area (Å²) in [5.41, 5.74) is 1.71. The van der Waals surface area contributed by atoms with Crippen molar-refractivity contribution in [1.82, 2.24) is 9.88 Å². The summed E-state index contributed by atoms with van der Waals surface area (Å²) < 4.78 is 5.87. The number of hydrogen-bond acceptors (Lipinski definition) is 7. The minimum absolute atomic E-state index is 0.0181. The molecule has 2 aromatic carbocycles. The number of carbonyl (C=O) groups excluding carboxylic acids is 3. The van der Waals surface area contributed by atoms with Gasteiger partial charge in [0.1, 0.15) is 5.75 Å². The number of imide groups is 1. The van der Waals surface area contributed by atoms with Crippen molar-refractivity contribution >= 4 is 46.5 Å². The number of aromatic amines is 1. The van der Waals surface area contributed by atoms with Gasteiger partial charge in [0.05, 0.1) is 22.5 Å². The molecule has 7 atom stereocenters. The van der Waals surface area contributed by atoms with Crippen LogP contribution in [0.2, 0.25) is 0 Å². The highest BCUT2D eigenvalue weighted by molar-refractivity contribution is 8.00. The third kappa shape index (κ3) is 4.01. The second-order valence-corrected chi connectivity index (χ2v) is 14.3. The van der Waals surface area contributed by atoms with Gasteiger partial charge in [0.2, 0.25) is 11.8 Å². The van der Waals surface area contributed by atoms with E-state index in [-0.39, 0.29) is 70.0 Å². The number of ether oxygens (including phenoxy) is 1. The van der Waals surface area contributed by atoms with E-state index < -0.39 is 0 Å². The molecule has 216 valence electrons. The highest BCUT2D eigenvalue weighted by atomic mass is 32.2. The van der Waals surface area contributed by atoms with E-state index in [1.807, 2.05) is 59.5 Å². The standard InChI is InChI=1S/C32H31N3O5S2/c36-22(34-13-5-2-6-14-34)16-40-19-11-9-17(10-12-19)23-24-20-15-21(27(24)41-29-28(23)42-32(39)33-29)26-25(20)30(37)35(31(26)38)18-7-3-1-4-8-18/h1,3-4,7-12,20-21,23-27H,2,5-6,13-16H2,(H,33,39)/t20-,21-,23+,24-,25+,26+,27-/m1/s1. The fourth-order valence-electron chi connectivity index (χ4n) is 8.37. The van der Waals surface area contributed by atoms with Gasteiger partial charge in [0.15, 0.2) is 6.61 Å². The quantitative estimate of drug-likeness (QED) is 0.433. The molecule has 2 aliphatic carbocycles. The van der Waals surface area contributed by atoms with Crippen LogP contribution in [-0.4, -0.2) is 52.6 Å². The van der Waals surface area contributed by atoms with Gasteiger partial charge in [-0.15, -0.1) is 11.8 Å². The zero-order valence-corrected chi connectivity index (χ0v) is 24.6. The van der Waals surface area contributed by atoms with Gasteiger partial charge >= 0.3 is 4.87 Å². The molecule has 0 spiro atoms. The number of aromatic nitrogens is 1. The van der Waals surface area contributed by atoms with Crippen molar-refractivity contribution in [2.75, 3.05) is 24.6 Å². The molecule has 42 heavy (non-hydrogen) atoms. The second kappa shape index (κ2) is 10.1. The summed E-state index contributed by atoms with van der Waals surface area (Å²) in [5.74, 6) is 0.0964. The van der Waals surface area contributed by atoms with E-state index in [9.17, 15) is 19.2 Å². The second-order valence-electron chi connectivity index (χ2n) is 12.1. The Labute approximate surface area is 251 Å². The maximum Gasteiger partial charge on any atom is 0.305 e. The van der Waals surface area contributed by atoms with Crippen molar-refractivity contribution in [2.24, 2.45) is 29.6 Å². The Kier molecular flexibility index (Phi) is 6.33. The number of amides is 3. The van der Waals surface area contributed by atoms with Gasteiger partial charge in [0, 0.05) is 29.1 Å². The first-order valence-electron chi connectivity index (χ1n) is 14.8. The van der Waals surface area contributed by atoms with E-state index in [0.29, 0.717) is 11.4 Å². The molecule has 2 saturated carbocycles. The lowest BCUT2D eigenvalue weighted by molar-refractivity contribution is -0.134. The fourth-order valence-corrected chi connectivity index (χ4v) is 11.3. The summed E-state index contributed by atoms with van der Waals surface area (Å²) in [7, 11) is 0. The zero-order chi connectivity index (χ0) is 28.5. The number of carbonyl (C=O) groups is 3. The molecule has 2 bridgehead atoms. The lowest BCUT2D eigenvalue weighted by Gasteiger charge is -2.43. The molecule has 2 saturated heterocycles. The van der Waals surface area contributed by atoms with Crippen molar-refractivity contribution in [3.05, 3.63) is 74.7 Å². The first-order chi connectivity index (χ1) is 20.5. The number of thioether (sulfide) groups is 1. The number of para-hydroxylation sites is 1. The van der Waals surface area contributed by atoms with Crippen LogP contribution < -0.4 is 14.5 Å². The van der Waals surface area contributed by atoms with Crippen LogP contribution in [0.25, 0.3) is 0 Å². The molecular formula is C32H31N3O5S2. The maximum absolute atomic E-state index is 13.8. The van der Waals surface area contributed by atoms with Gasteiger partial charge in [-0.25, -0.2) is 0 Å². The smallest absolute Gasteiger partial charge is 0.305 e. The van der Waals surface area contributed by atoms with Crippen molar-refractivity contribution in [2.45, 2.75) is 41.9 Å². The Morgan fingerprint density at radius 1 is 0.905 bits per heavy atom. The largest absolute Gasteiger partial charge is 0.484 e. The van der Waals surface area contributed by atoms with Crippen LogP contribution in [0.15, 0.2) is 64.4 Å². The van der Waals surface area contributed by atoms with Gasteiger partial charge in [-0.2, -0.15) is 0 Å². The Bertz CT molecular complexity index is 1610. The molecule has 8 rings (SSSR count). The van der Waals surface area contributed by atoms with Crippen LogP contribution in [0.4, 0.5) is 5.69 Å². The molecule has 4 fully saturated rings. The molecule has 0 radical (unpaired) electrons. The summed E-state index contributed by atoms with van der Waals surface area (Å²) >= 11 is 2.95. The average Bonchev–Trinajstić information content (AvgIpc) is 3.76. The van der Waals surface area contributed by atoms with E-state index in [1.54, 1.807) is 11.8 Å². The van der Waals surface area contributed by atoms with E-state index in [2.05, 4.69) is 4.98 Å². The third-order valence-corrected chi connectivity index (χ3v) is 12.6. The van der Waals surface area contributed by atoms with E-state index in [4.69, 9.17) is 4.74 Å². The summed E-state index contributed by atoms with van der Waals surface area (Å²) in [6, 6.07) is 17.1. The van der Waals surface area contributed by atoms with Crippen LogP contribution in [0.3, 0.4) is 0 Å². The van der Waals surface area contributed by atoms with Gasteiger partial charge in [0.25, 0.3) is 5.91 Å². The van der Waals surface area contributed by atoms with Gasteiger partial charge in [-0.1, -0.05) is 41.7 Å².